The van der Waals surface area contributed by atoms with Gasteiger partial charge in [0.1, 0.15) is 18.1 Å². The molecular formula is C29H41F3N6O3. The van der Waals surface area contributed by atoms with Gasteiger partial charge in [-0.3, -0.25) is 19.1 Å². The van der Waals surface area contributed by atoms with Crippen molar-refractivity contribution in [1.82, 2.24) is 25.3 Å². The number of nitriles is 1. The molecule has 2 heterocycles. The molecular weight excluding hydrogens is 537 g/mol. The van der Waals surface area contributed by atoms with Crippen LogP contribution >= 0.6 is 0 Å². The third-order valence-corrected chi connectivity index (χ3v) is 9.65. The third-order valence-electron chi connectivity index (χ3n) is 9.65. The predicted molar refractivity (Wildman–Crippen MR) is 144 cm³/mol. The first kappa shape index (κ1) is 30.8. The number of nitrogens with one attached hydrogen (secondary N) is 2. The maximum Gasteiger partial charge on any atom is 0.471 e. The summed E-state index contributed by atoms with van der Waals surface area (Å²) in [6, 6.07) is -0.640. The van der Waals surface area contributed by atoms with Crippen LogP contribution in [0.25, 0.3) is 0 Å². The lowest BCUT2D eigenvalue weighted by Gasteiger charge is -2.38. The normalized spacial score (nSPS) is 26.5. The van der Waals surface area contributed by atoms with Crippen LogP contribution in [0.1, 0.15) is 84.5 Å². The van der Waals surface area contributed by atoms with Crippen LogP contribution in [0.4, 0.5) is 13.2 Å². The molecule has 0 aromatic carbocycles. The van der Waals surface area contributed by atoms with Crippen molar-refractivity contribution in [1.29, 1.82) is 5.26 Å². The molecule has 1 aliphatic heterocycles. The molecule has 2 saturated carbocycles. The molecule has 3 amide bonds. The van der Waals surface area contributed by atoms with Crippen molar-refractivity contribution in [3.8, 4) is 6.07 Å². The molecule has 2 unspecified atom stereocenters. The summed E-state index contributed by atoms with van der Waals surface area (Å²) in [5.74, 6) is -3.69. The zero-order valence-corrected chi connectivity index (χ0v) is 24.9. The molecule has 4 rings (SSSR count). The summed E-state index contributed by atoms with van der Waals surface area (Å²) in [7, 11) is 0. The van der Waals surface area contributed by atoms with Crippen molar-refractivity contribution in [3.05, 3.63) is 17.5 Å². The first-order valence-electron chi connectivity index (χ1n) is 14.3. The largest absolute Gasteiger partial charge is 0.471 e. The quantitative estimate of drug-likeness (QED) is 0.462. The minimum Gasteiger partial charge on any atom is -0.339 e. The molecule has 0 spiro atoms. The first-order valence-corrected chi connectivity index (χ1v) is 14.3. The summed E-state index contributed by atoms with van der Waals surface area (Å²) < 4.78 is 41.3. The Morgan fingerprint density at radius 3 is 2.34 bits per heavy atom. The van der Waals surface area contributed by atoms with Gasteiger partial charge in [0, 0.05) is 18.2 Å². The molecule has 3 aliphatic rings. The number of carbonyl (C=O) groups excluding carboxylic acids is 3. The Bertz CT molecular complexity index is 1260. The van der Waals surface area contributed by atoms with Crippen LogP contribution in [0.3, 0.4) is 0 Å². The summed E-state index contributed by atoms with van der Waals surface area (Å²) in [5.41, 5.74) is 0.453. The van der Waals surface area contributed by atoms with E-state index in [-0.39, 0.29) is 17.9 Å². The lowest BCUT2D eigenvalue weighted by atomic mass is 9.85. The molecule has 1 aromatic rings. The predicted octanol–water partition coefficient (Wildman–Crippen LogP) is 3.82. The fourth-order valence-electron chi connectivity index (χ4n) is 6.64. The number of amides is 3. The monoisotopic (exact) mass is 578 g/mol. The first-order chi connectivity index (χ1) is 18.8. The number of piperidine rings is 1. The number of alkyl halides is 3. The minimum atomic E-state index is -5.16. The van der Waals surface area contributed by atoms with Crippen molar-refractivity contribution in [2.45, 2.75) is 111 Å². The number of aryl methyl sites for hydroxylation is 1. The van der Waals surface area contributed by atoms with E-state index in [1.807, 2.05) is 43.9 Å². The summed E-state index contributed by atoms with van der Waals surface area (Å²) >= 11 is 0. The van der Waals surface area contributed by atoms with Crippen LogP contribution in [0.2, 0.25) is 0 Å². The van der Waals surface area contributed by atoms with E-state index < -0.39 is 52.9 Å². The number of nitrogens with zero attached hydrogens (tertiary/aromatic N) is 4. The number of halogens is 3. The smallest absolute Gasteiger partial charge is 0.339 e. The zero-order valence-electron chi connectivity index (χ0n) is 24.9. The van der Waals surface area contributed by atoms with Crippen molar-refractivity contribution < 1.29 is 27.6 Å². The molecule has 9 nitrogen and oxygen atoms in total. The second kappa shape index (κ2) is 10.3. The van der Waals surface area contributed by atoms with Gasteiger partial charge >= 0.3 is 12.1 Å². The lowest BCUT2D eigenvalue weighted by molar-refractivity contribution is -0.176. The Morgan fingerprint density at radius 1 is 1.17 bits per heavy atom. The van der Waals surface area contributed by atoms with Crippen molar-refractivity contribution in [2.24, 2.45) is 22.2 Å². The topological polar surface area (TPSA) is 120 Å². The van der Waals surface area contributed by atoms with Crippen LogP contribution in [0, 0.1) is 40.4 Å². The molecule has 0 radical (unpaired) electrons. The molecule has 3 fully saturated rings. The van der Waals surface area contributed by atoms with Gasteiger partial charge in [-0.2, -0.15) is 23.5 Å². The standard InChI is InChI=1S/C29H41F3N6O3/c1-16-17(14-34-38(16)19-11-12-19)9-8-10-18(13-33)35-23(39)20-21-27(5,6)28(21,7)15-37(20)24(40)22(26(2,3)4)36-25(41)29(30,31)32/h14,18-22H,8-12,15H2,1-7H3,(H,35,39)(H,36,41)/t18?,20-,21-,22+,28?/m0/s1. The molecule has 41 heavy (non-hydrogen) atoms. The van der Waals surface area contributed by atoms with E-state index in [4.69, 9.17) is 0 Å². The Morgan fingerprint density at radius 2 is 1.80 bits per heavy atom. The van der Waals surface area contributed by atoms with Crippen LogP contribution in [0.15, 0.2) is 6.20 Å². The Balaban J connectivity index is 1.47. The summed E-state index contributed by atoms with van der Waals surface area (Å²) in [6.07, 6.45) is 0.715. The number of hydrogen-bond acceptors (Lipinski definition) is 5. The van der Waals surface area contributed by atoms with Crippen molar-refractivity contribution in [3.63, 3.8) is 0 Å². The van der Waals surface area contributed by atoms with Crippen LogP contribution < -0.4 is 10.6 Å². The number of carbonyl (C=O) groups is 3. The van der Waals surface area contributed by atoms with Crippen LogP contribution in [-0.4, -0.2) is 63.2 Å². The molecule has 226 valence electrons. The van der Waals surface area contributed by atoms with Gasteiger partial charge in [-0.25, -0.2) is 0 Å². The van der Waals surface area contributed by atoms with E-state index in [1.54, 1.807) is 20.8 Å². The molecule has 12 heteroatoms. The van der Waals surface area contributed by atoms with Gasteiger partial charge in [0.25, 0.3) is 0 Å². The van der Waals surface area contributed by atoms with Gasteiger partial charge in [0.15, 0.2) is 0 Å². The highest BCUT2D eigenvalue weighted by molar-refractivity contribution is 5.95. The summed E-state index contributed by atoms with van der Waals surface area (Å²) in [5, 5.41) is 18.9. The molecule has 2 aliphatic carbocycles. The maximum absolute atomic E-state index is 13.8. The fraction of sp³-hybridized carbons (Fsp3) is 0.759. The van der Waals surface area contributed by atoms with E-state index >= 15 is 0 Å². The fourth-order valence-corrected chi connectivity index (χ4v) is 6.64. The van der Waals surface area contributed by atoms with E-state index in [2.05, 4.69) is 16.5 Å². The SMILES string of the molecule is Cc1c(CCCC(C#N)NC(=O)[C@@H]2[C@H]3C(C)(C)C3(C)CN2C(=O)[C@@H](NC(=O)C(F)(F)F)C(C)(C)C)cnn1C1CC1. The number of hydrogen-bond donors (Lipinski definition) is 2. The third kappa shape index (κ3) is 5.69. The Hall–Kier alpha value is -3.10. The van der Waals surface area contributed by atoms with Crippen molar-refractivity contribution >= 4 is 17.7 Å². The second-order valence-electron chi connectivity index (χ2n) is 13.8. The molecule has 5 atom stereocenters. The number of rotatable bonds is 9. The maximum atomic E-state index is 13.8. The summed E-state index contributed by atoms with van der Waals surface area (Å²) in [6.45, 7) is 12.8. The van der Waals surface area contributed by atoms with Gasteiger partial charge in [-0.05, 0) is 60.8 Å². The van der Waals surface area contributed by atoms with Gasteiger partial charge in [-0.15, -0.1) is 0 Å². The van der Waals surface area contributed by atoms with Gasteiger partial charge in [-0.1, -0.05) is 41.5 Å². The van der Waals surface area contributed by atoms with Gasteiger partial charge in [0.2, 0.25) is 11.8 Å². The highest BCUT2D eigenvalue weighted by Gasteiger charge is 2.77. The highest BCUT2D eigenvalue weighted by atomic mass is 19.4. The molecule has 2 N–H and O–H groups in total. The van der Waals surface area contributed by atoms with E-state index in [9.17, 15) is 32.8 Å². The lowest BCUT2D eigenvalue weighted by Crippen LogP contribution is -2.61. The molecule has 1 aromatic heterocycles. The number of aromatic nitrogens is 2. The van der Waals surface area contributed by atoms with Crippen molar-refractivity contribution in [2.75, 3.05) is 6.54 Å². The highest BCUT2D eigenvalue weighted by Crippen LogP contribution is 2.74. The Kier molecular flexibility index (Phi) is 7.76. The van der Waals surface area contributed by atoms with Crippen LogP contribution in [0.5, 0.6) is 0 Å². The van der Waals surface area contributed by atoms with E-state index in [0.29, 0.717) is 25.3 Å². The average Bonchev–Trinajstić information content (AvgIpc) is 3.67. The molecule has 1 saturated heterocycles. The van der Waals surface area contributed by atoms with E-state index in [0.717, 1.165) is 24.1 Å². The molecule has 0 bridgehead atoms. The minimum absolute atomic E-state index is 0.164. The van der Waals surface area contributed by atoms with E-state index in [1.165, 1.54) is 4.90 Å². The average molecular weight is 579 g/mol. The summed E-state index contributed by atoms with van der Waals surface area (Å²) in [4.78, 5) is 40.6. The second-order valence-corrected chi connectivity index (χ2v) is 13.8. The van der Waals surface area contributed by atoms with Gasteiger partial charge in [0.05, 0.1) is 18.3 Å². The number of fused-ring (bicyclic) bond motifs is 1. The number of likely N-dealkylation sites (tertiary alicyclic amines) is 1. The Labute approximate surface area is 239 Å². The van der Waals surface area contributed by atoms with Gasteiger partial charge < -0.3 is 15.5 Å². The zero-order chi connectivity index (χ0) is 30.7. The van der Waals surface area contributed by atoms with Crippen LogP contribution in [-0.2, 0) is 20.8 Å².